The van der Waals surface area contributed by atoms with Gasteiger partial charge in [-0.3, -0.25) is 4.79 Å². The molecule has 2 atom stereocenters. The number of hydrogen-bond donors (Lipinski definition) is 1. The van der Waals surface area contributed by atoms with Crippen molar-refractivity contribution in [3.05, 3.63) is 57.4 Å². The SMILES string of the molecule is C/C=S(/C)CCCC.CC.CCC/C(C)=C(/C)C1=C(C)/C(=C2\C(=O)Nc3c(F)cccc32)CCC1.CCCCCC(C)CC. The standard InChI is InChI=1S/C22H26FNO.C9H20.C7H16S.C2H6/c1-5-8-13(2)14(3)16-9-6-10-17(15(16)4)20-18-11-7-12-19(23)21(18)24-22(20)25;1-4-6-7-8-9(3)5-2;1-4-6-7-8(3)5-2;1-2/h7,11-12H,5-6,8-10H2,1-4H3,(H,24,25);9H,4-8H2,1-3H3;5H,4,6-7H2,1-3H3;1-2H3/b14-13-,20-17-;;;. The molecule has 2 aliphatic rings. The molecule has 0 fully saturated rings. The average molecular weight is 630 g/mol. The highest BCUT2D eigenvalue weighted by molar-refractivity contribution is 8.14. The van der Waals surface area contributed by atoms with Crippen LogP contribution in [-0.4, -0.2) is 23.3 Å². The van der Waals surface area contributed by atoms with Crippen molar-refractivity contribution in [2.75, 3.05) is 17.3 Å². The molecule has 1 N–H and O–H groups in total. The van der Waals surface area contributed by atoms with Crippen LogP contribution in [0.15, 0.2) is 46.1 Å². The number of allylic oxidation sites excluding steroid dienone is 5. The van der Waals surface area contributed by atoms with Crippen LogP contribution in [0.1, 0.15) is 159 Å². The first kappa shape index (κ1) is 42.1. The number of unbranched alkanes of at least 4 members (excludes halogenated alkanes) is 3. The number of amides is 1. The fourth-order valence-corrected chi connectivity index (χ4v) is 6.47. The molecule has 2 nitrogen and oxygen atoms in total. The summed E-state index contributed by atoms with van der Waals surface area (Å²) in [5.41, 5.74) is 8.09. The Balaban J connectivity index is 0.000000803. The number of para-hydroxylation sites is 1. The van der Waals surface area contributed by atoms with Gasteiger partial charge in [-0.15, -0.1) is 0 Å². The minimum absolute atomic E-state index is 0.178. The molecule has 0 aromatic heterocycles. The summed E-state index contributed by atoms with van der Waals surface area (Å²) >= 11 is 0. The number of anilines is 1. The van der Waals surface area contributed by atoms with E-state index in [9.17, 15) is 9.18 Å². The van der Waals surface area contributed by atoms with E-state index in [0.717, 1.165) is 43.6 Å². The zero-order valence-electron chi connectivity index (χ0n) is 30.8. The molecule has 1 heterocycles. The third-order valence-electron chi connectivity index (χ3n) is 8.75. The topological polar surface area (TPSA) is 29.1 Å². The van der Waals surface area contributed by atoms with Crippen LogP contribution in [-0.2, 0) is 4.79 Å². The van der Waals surface area contributed by atoms with Gasteiger partial charge in [0.2, 0.25) is 0 Å². The molecular formula is C40H68FNOS. The Morgan fingerprint density at radius 2 is 1.68 bits per heavy atom. The van der Waals surface area contributed by atoms with Crippen molar-refractivity contribution in [3.8, 4) is 0 Å². The lowest BCUT2D eigenvalue weighted by Gasteiger charge is -2.24. The van der Waals surface area contributed by atoms with E-state index in [1.165, 1.54) is 79.1 Å². The van der Waals surface area contributed by atoms with Gasteiger partial charge in [0.05, 0.1) is 11.3 Å². The van der Waals surface area contributed by atoms with Crippen molar-refractivity contribution in [2.45, 2.75) is 153 Å². The second kappa shape index (κ2) is 24.3. The van der Waals surface area contributed by atoms with Gasteiger partial charge in [0.1, 0.15) is 5.82 Å². The van der Waals surface area contributed by atoms with Crippen LogP contribution < -0.4 is 5.32 Å². The first-order valence-electron chi connectivity index (χ1n) is 17.7. The molecular weight excluding hydrogens is 562 g/mol. The maximum atomic E-state index is 14.0. The van der Waals surface area contributed by atoms with Crippen molar-refractivity contribution in [1.29, 1.82) is 0 Å². The summed E-state index contributed by atoms with van der Waals surface area (Å²) in [6.45, 7) is 24.0. The summed E-state index contributed by atoms with van der Waals surface area (Å²) in [6.07, 6.45) is 17.2. The third kappa shape index (κ3) is 14.0. The predicted octanol–water partition coefficient (Wildman–Crippen LogP) is 13.3. The van der Waals surface area contributed by atoms with Crippen LogP contribution >= 0.6 is 10.5 Å². The van der Waals surface area contributed by atoms with Crippen LogP contribution in [0.3, 0.4) is 0 Å². The summed E-state index contributed by atoms with van der Waals surface area (Å²) in [5, 5.41) is 5.02. The van der Waals surface area contributed by atoms with Crippen LogP contribution in [0.4, 0.5) is 10.1 Å². The van der Waals surface area contributed by atoms with E-state index >= 15 is 0 Å². The lowest BCUT2D eigenvalue weighted by molar-refractivity contribution is -0.110. The van der Waals surface area contributed by atoms with Gasteiger partial charge in [-0.2, -0.15) is 10.5 Å². The first-order valence-corrected chi connectivity index (χ1v) is 19.5. The van der Waals surface area contributed by atoms with Gasteiger partial charge in [-0.25, -0.2) is 4.39 Å². The molecule has 1 aromatic carbocycles. The van der Waals surface area contributed by atoms with Gasteiger partial charge < -0.3 is 5.32 Å². The first-order chi connectivity index (χ1) is 21.1. The third-order valence-corrected chi connectivity index (χ3v) is 10.5. The number of carbonyl (C=O) groups excluding carboxylic acids is 1. The van der Waals surface area contributed by atoms with Gasteiger partial charge in [-0.1, -0.05) is 116 Å². The van der Waals surface area contributed by atoms with Crippen molar-refractivity contribution in [2.24, 2.45) is 5.92 Å². The molecule has 44 heavy (non-hydrogen) atoms. The molecule has 0 radical (unpaired) electrons. The van der Waals surface area contributed by atoms with Crippen molar-refractivity contribution in [3.63, 3.8) is 0 Å². The zero-order valence-corrected chi connectivity index (χ0v) is 31.6. The predicted molar refractivity (Wildman–Crippen MR) is 202 cm³/mol. The van der Waals surface area contributed by atoms with E-state index in [-0.39, 0.29) is 11.7 Å². The minimum atomic E-state index is -0.367. The van der Waals surface area contributed by atoms with E-state index in [0.29, 0.717) is 27.3 Å². The van der Waals surface area contributed by atoms with Crippen LogP contribution in [0.5, 0.6) is 0 Å². The molecule has 252 valence electrons. The number of rotatable bonds is 11. The molecule has 2 unspecified atom stereocenters. The number of fused-ring (bicyclic) bond motifs is 1. The second-order valence-corrected chi connectivity index (χ2v) is 14.3. The number of hydrogen-bond acceptors (Lipinski definition) is 1. The van der Waals surface area contributed by atoms with Gasteiger partial charge in [0.15, 0.2) is 0 Å². The second-order valence-electron chi connectivity index (χ2n) is 12.1. The van der Waals surface area contributed by atoms with Crippen molar-refractivity contribution < 1.29 is 9.18 Å². The molecule has 0 bridgehead atoms. The molecule has 1 aliphatic carbocycles. The minimum Gasteiger partial charge on any atom is -0.319 e. The highest BCUT2D eigenvalue weighted by Gasteiger charge is 2.31. The maximum Gasteiger partial charge on any atom is 0.256 e. The molecule has 0 saturated heterocycles. The van der Waals surface area contributed by atoms with E-state index in [1.807, 2.05) is 19.9 Å². The molecule has 0 spiro atoms. The molecule has 1 amide bonds. The Morgan fingerprint density at radius 3 is 2.25 bits per heavy atom. The normalized spacial score (nSPS) is 17.6. The van der Waals surface area contributed by atoms with Crippen LogP contribution in [0.2, 0.25) is 0 Å². The summed E-state index contributed by atoms with van der Waals surface area (Å²) in [7, 11) is 0.598. The quantitative estimate of drug-likeness (QED) is 0.147. The smallest absolute Gasteiger partial charge is 0.256 e. The molecule has 4 heteroatoms. The highest BCUT2D eigenvalue weighted by Crippen LogP contribution is 2.43. The highest BCUT2D eigenvalue weighted by atomic mass is 32.2. The summed E-state index contributed by atoms with van der Waals surface area (Å²) in [6, 6.07) is 4.91. The van der Waals surface area contributed by atoms with E-state index < -0.39 is 0 Å². The van der Waals surface area contributed by atoms with Crippen molar-refractivity contribution >= 4 is 33.0 Å². The number of nitrogens with one attached hydrogen (secondary N) is 1. The molecule has 1 aromatic rings. The molecule has 0 saturated carbocycles. The van der Waals surface area contributed by atoms with Gasteiger partial charge in [-0.05, 0) is 106 Å². The van der Waals surface area contributed by atoms with Gasteiger partial charge in [0, 0.05) is 5.56 Å². The number of halogens is 1. The Labute approximate surface area is 275 Å². The molecule has 3 rings (SSSR count). The fraction of sp³-hybridized carbons (Fsp3) is 0.650. The fourth-order valence-electron chi connectivity index (χ4n) is 5.49. The largest absolute Gasteiger partial charge is 0.319 e. The van der Waals surface area contributed by atoms with Gasteiger partial charge in [0.25, 0.3) is 5.91 Å². The van der Waals surface area contributed by atoms with Crippen LogP contribution in [0, 0.1) is 11.7 Å². The van der Waals surface area contributed by atoms with E-state index in [2.05, 4.69) is 79.3 Å². The van der Waals surface area contributed by atoms with E-state index in [4.69, 9.17) is 0 Å². The van der Waals surface area contributed by atoms with E-state index in [1.54, 1.807) is 6.07 Å². The monoisotopic (exact) mass is 630 g/mol. The number of benzene rings is 1. The number of carbonyl (C=O) groups is 1. The Morgan fingerprint density at radius 1 is 1.02 bits per heavy atom. The summed E-state index contributed by atoms with van der Waals surface area (Å²) in [5.74, 6) is 1.81. The Kier molecular flexibility index (Phi) is 23.2. The summed E-state index contributed by atoms with van der Waals surface area (Å²) < 4.78 is 14.0. The maximum absolute atomic E-state index is 14.0. The summed E-state index contributed by atoms with van der Waals surface area (Å²) in [4.78, 5) is 12.6. The Bertz CT molecular complexity index is 1120. The lowest BCUT2D eigenvalue weighted by Crippen LogP contribution is -2.11. The zero-order chi connectivity index (χ0) is 33.7. The molecule has 1 aliphatic heterocycles. The average Bonchev–Trinajstić information content (AvgIpc) is 3.38. The van der Waals surface area contributed by atoms with Gasteiger partial charge >= 0.3 is 0 Å². The van der Waals surface area contributed by atoms with Crippen LogP contribution in [0.25, 0.3) is 5.57 Å². The lowest BCUT2D eigenvalue weighted by atomic mass is 9.80. The van der Waals surface area contributed by atoms with Crippen molar-refractivity contribution in [1.82, 2.24) is 0 Å². The Hall–Kier alpha value is -1.94.